The van der Waals surface area contributed by atoms with Gasteiger partial charge in [0, 0.05) is 19.8 Å². The van der Waals surface area contributed by atoms with E-state index in [0.717, 1.165) is 24.4 Å². The van der Waals surface area contributed by atoms with Crippen molar-refractivity contribution >= 4 is 0 Å². The fraction of sp³-hybridized carbons (Fsp3) is 1.00. The van der Waals surface area contributed by atoms with Crippen LogP contribution in [-0.4, -0.2) is 26.8 Å². The van der Waals surface area contributed by atoms with Gasteiger partial charge in [-0.25, -0.2) is 0 Å². The molecule has 90 valence electrons. The summed E-state index contributed by atoms with van der Waals surface area (Å²) in [5.41, 5.74) is 0. The molecular weight excluding hydrogens is 186 g/mol. The molecule has 0 heterocycles. The summed E-state index contributed by atoms with van der Waals surface area (Å²) < 4.78 is 5.16. The van der Waals surface area contributed by atoms with Crippen molar-refractivity contribution in [2.24, 2.45) is 17.8 Å². The van der Waals surface area contributed by atoms with Crippen LogP contribution < -0.4 is 5.32 Å². The largest absolute Gasteiger partial charge is 0.385 e. The zero-order valence-corrected chi connectivity index (χ0v) is 10.8. The van der Waals surface area contributed by atoms with Crippen molar-refractivity contribution in [3.8, 4) is 0 Å². The molecule has 1 rings (SSSR count). The Morgan fingerprint density at radius 2 is 2.13 bits per heavy atom. The van der Waals surface area contributed by atoms with Gasteiger partial charge in [-0.15, -0.1) is 0 Å². The SMILES string of the molecule is CNC(C(C)CCOC)C1CCC(C)C1. The molecule has 1 saturated carbocycles. The van der Waals surface area contributed by atoms with E-state index in [1.807, 2.05) is 0 Å². The minimum atomic E-state index is 0.685. The van der Waals surface area contributed by atoms with Crippen LogP contribution in [0.25, 0.3) is 0 Å². The van der Waals surface area contributed by atoms with Gasteiger partial charge in [0.25, 0.3) is 0 Å². The standard InChI is InChI=1S/C13H27NO/c1-10-5-6-12(9-10)13(14-3)11(2)7-8-15-4/h10-14H,5-9H2,1-4H3. The Morgan fingerprint density at radius 1 is 1.40 bits per heavy atom. The lowest BCUT2D eigenvalue weighted by Crippen LogP contribution is -2.38. The summed E-state index contributed by atoms with van der Waals surface area (Å²) in [4.78, 5) is 0. The van der Waals surface area contributed by atoms with Gasteiger partial charge in [-0.1, -0.05) is 20.3 Å². The van der Waals surface area contributed by atoms with E-state index >= 15 is 0 Å². The van der Waals surface area contributed by atoms with E-state index in [0.29, 0.717) is 6.04 Å². The van der Waals surface area contributed by atoms with Crippen LogP contribution in [0.4, 0.5) is 0 Å². The smallest absolute Gasteiger partial charge is 0.0465 e. The number of methoxy groups -OCH3 is 1. The Hall–Kier alpha value is -0.0800. The van der Waals surface area contributed by atoms with Gasteiger partial charge >= 0.3 is 0 Å². The van der Waals surface area contributed by atoms with Crippen LogP contribution in [0.3, 0.4) is 0 Å². The van der Waals surface area contributed by atoms with Gasteiger partial charge in [-0.05, 0) is 44.1 Å². The number of ether oxygens (including phenoxy) is 1. The van der Waals surface area contributed by atoms with Gasteiger partial charge in [-0.2, -0.15) is 0 Å². The molecular formula is C13H27NO. The van der Waals surface area contributed by atoms with Gasteiger partial charge in [0.15, 0.2) is 0 Å². The van der Waals surface area contributed by atoms with Crippen LogP contribution in [0.15, 0.2) is 0 Å². The minimum Gasteiger partial charge on any atom is -0.385 e. The van der Waals surface area contributed by atoms with Gasteiger partial charge < -0.3 is 10.1 Å². The highest BCUT2D eigenvalue weighted by Gasteiger charge is 2.30. The molecule has 0 bridgehead atoms. The summed E-state index contributed by atoms with van der Waals surface area (Å²) in [6.45, 7) is 5.62. The maximum atomic E-state index is 5.16. The molecule has 0 aromatic rings. The average molecular weight is 213 g/mol. The van der Waals surface area contributed by atoms with E-state index in [9.17, 15) is 0 Å². The first-order valence-corrected chi connectivity index (χ1v) is 6.35. The van der Waals surface area contributed by atoms with E-state index in [1.165, 1.54) is 25.7 Å². The monoisotopic (exact) mass is 213 g/mol. The van der Waals surface area contributed by atoms with Crippen molar-refractivity contribution in [3.63, 3.8) is 0 Å². The highest BCUT2D eigenvalue weighted by molar-refractivity contribution is 4.85. The first-order chi connectivity index (χ1) is 7.19. The molecule has 4 atom stereocenters. The second-order valence-electron chi connectivity index (χ2n) is 5.25. The van der Waals surface area contributed by atoms with E-state index < -0.39 is 0 Å². The molecule has 15 heavy (non-hydrogen) atoms. The lowest BCUT2D eigenvalue weighted by atomic mass is 9.86. The van der Waals surface area contributed by atoms with Crippen LogP contribution in [-0.2, 0) is 4.74 Å². The topological polar surface area (TPSA) is 21.3 Å². The maximum Gasteiger partial charge on any atom is 0.0465 e. The molecule has 0 amide bonds. The zero-order valence-electron chi connectivity index (χ0n) is 10.8. The van der Waals surface area contributed by atoms with Crippen LogP contribution in [0.1, 0.15) is 39.5 Å². The van der Waals surface area contributed by atoms with Crippen molar-refractivity contribution in [1.82, 2.24) is 5.32 Å². The summed E-state index contributed by atoms with van der Waals surface area (Å²) in [5, 5.41) is 3.52. The van der Waals surface area contributed by atoms with Crippen LogP contribution in [0.5, 0.6) is 0 Å². The number of hydrogen-bond donors (Lipinski definition) is 1. The number of rotatable bonds is 6. The van der Waals surface area contributed by atoms with Crippen LogP contribution >= 0.6 is 0 Å². The van der Waals surface area contributed by atoms with Crippen LogP contribution in [0.2, 0.25) is 0 Å². The lowest BCUT2D eigenvalue weighted by molar-refractivity contribution is 0.160. The summed E-state index contributed by atoms with van der Waals surface area (Å²) in [6.07, 6.45) is 5.40. The van der Waals surface area contributed by atoms with E-state index in [1.54, 1.807) is 7.11 Å². The van der Waals surface area contributed by atoms with Crippen molar-refractivity contribution in [2.75, 3.05) is 20.8 Å². The molecule has 1 aliphatic carbocycles. The fourth-order valence-corrected chi connectivity index (χ4v) is 3.05. The molecule has 0 aromatic heterocycles. The Morgan fingerprint density at radius 3 is 2.60 bits per heavy atom. The molecule has 0 radical (unpaired) electrons. The van der Waals surface area contributed by atoms with E-state index in [-0.39, 0.29) is 0 Å². The number of hydrogen-bond acceptors (Lipinski definition) is 2. The first kappa shape index (κ1) is 13.0. The Kier molecular flexibility index (Phi) is 5.62. The average Bonchev–Trinajstić information content (AvgIpc) is 2.63. The predicted octanol–water partition coefficient (Wildman–Crippen LogP) is 2.68. The van der Waals surface area contributed by atoms with Crippen molar-refractivity contribution in [3.05, 3.63) is 0 Å². The molecule has 4 unspecified atom stereocenters. The van der Waals surface area contributed by atoms with Gasteiger partial charge in [0.05, 0.1) is 0 Å². The van der Waals surface area contributed by atoms with Crippen molar-refractivity contribution in [2.45, 2.75) is 45.6 Å². The highest BCUT2D eigenvalue weighted by atomic mass is 16.5. The van der Waals surface area contributed by atoms with E-state index in [4.69, 9.17) is 4.74 Å². The summed E-state index contributed by atoms with van der Waals surface area (Å²) in [5.74, 6) is 2.54. The summed E-state index contributed by atoms with van der Waals surface area (Å²) in [6, 6.07) is 0.685. The quantitative estimate of drug-likeness (QED) is 0.732. The Labute approximate surface area is 94.8 Å². The maximum absolute atomic E-state index is 5.16. The van der Waals surface area contributed by atoms with Crippen molar-refractivity contribution in [1.29, 1.82) is 0 Å². The van der Waals surface area contributed by atoms with Crippen LogP contribution in [0, 0.1) is 17.8 Å². The third-order valence-corrected chi connectivity index (χ3v) is 3.97. The minimum absolute atomic E-state index is 0.685. The Balaban J connectivity index is 2.40. The third-order valence-electron chi connectivity index (χ3n) is 3.97. The first-order valence-electron chi connectivity index (χ1n) is 6.35. The second-order valence-corrected chi connectivity index (χ2v) is 5.25. The van der Waals surface area contributed by atoms with E-state index in [2.05, 4.69) is 26.2 Å². The fourth-order valence-electron chi connectivity index (χ4n) is 3.05. The molecule has 0 aromatic carbocycles. The molecule has 1 N–H and O–H groups in total. The van der Waals surface area contributed by atoms with Gasteiger partial charge in [0.2, 0.25) is 0 Å². The highest BCUT2D eigenvalue weighted by Crippen LogP contribution is 2.35. The van der Waals surface area contributed by atoms with Gasteiger partial charge in [-0.3, -0.25) is 0 Å². The molecule has 0 aliphatic heterocycles. The molecule has 2 nitrogen and oxygen atoms in total. The van der Waals surface area contributed by atoms with Gasteiger partial charge in [0.1, 0.15) is 0 Å². The number of nitrogens with one attached hydrogen (secondary N) is 1. The molecule has 2 heteroatoms. The summed E-state index contributed by atoms with van der Waals surface area (Å²) in [7, 11) is 3.90. The normalized spacial score (nSPS) is 30.4. The molecule has 0 saturated heterocycles. The second kappa shape index (κ2) is 6.49. The molecule has 1 aliphatic rings. The lowest BCUT2D eigenvalue weighted by Gasteiger charge is -2.29. The Bertz CT molecular complexity index is 172. The third kappa shape index (κ3) is 3.76. The summed E-state index contributed by atoms with van der Waals surface area (Å²) >= 11 is 0. The molecule has 1 fully saturated rings. The predicted molar refractivity (Wildman–Crippen MR) is 65.0 cm³/mol. The zero-order chi connectivity index (χ0) is 11.3. The van der Waals surface area contributed by atoms with Crippen molar-refractivity contribution < 1.29 is 4.74 Å². The molecule has 0 spiro atoms.